The van der Waals surface area contributed by atoms with Crippen LogP contribution in [0, 0.1) is 5.92 Å². The van der Waals surface area contributed by atoms with Gasteiger partial charge in [0, 0.05) is 52.4 Å². The summed E-state index contributed by atoms with van der Waals surface area (Å²) in [4.78, 5) is 42.9. The van der Waals surface area contributed by atoms with E-state index in [-0.39, 0.29) is 44.5 Å². The Bertz CT molecular complexity index is 856. The number of urea groups is 1. The number of rotatable bonds is 4. The lowest BCUT2D eigenvalue weighted by Crippen LogP contribution is -2.58. The van der Waals surface area contributed by atoms with Gasteiger partial charge >= 0.3 is 6.03 Å². The van der Waals surface area contributed by atoms with Crippen LogP contribution in [0.25, 0.3) is 0 Å². The number of carbonyl (C=O) groups is 3. The molecule has 3 heterocycles. The van der Waals surface area contributed by atoms with Gasteiger partial charge < -0.3 is 15.1 Å². The molecule has 4 amide bonds. The summed E-state index contributed by atoms with van der Waals surface area (Å²) in [5.41, 5.74) is -0.862. The first-order valence-electron chi connectivity index (χ1n) is 11.5. The van der Waals surface area contributed by atoms with Crippen molar-refractivity contribution in [2.75, 3.05) is 66.0 Å². The molecule has 0 unspecified atom stereocenters. The van der Waals surface area contributed by atoms with E-state index in [2.05, 4.69) is 17.1 Å². The summed E-state index contributed by atoms with van der Waals surface area (Å²) < 4.78 is 28.7. The molecule has 0 radical (unpaired) electrons. The molecule has 4 aliphatic rings. The topological polar surface area (TPSA) is 114 Å². The van der Waals surface area contributed by atoms with E-state index in [1.54, 1.807) is 4.90 Å². The van der Waals surface area contributed by atoms with Crippen LogP contribution in [0.3, 0.4) is 0 Å². The molecule has 0 atom stereocenters. The first kappa shape index (κ1) is 23.4. The molecule has 4 rings (SSSR count). The summed E-state index contributed by atoms with van der Waals surface area (Å²) in [7, 11) is -1.58. The van der Waals surface area contributed by atoms with Crippen molar-refractivity contribution in [2.45, 2.75) is 38.1 Å². The molecule has 1 saturated carbocycles. The van der Waals surface area contributed by atoms with E-state index in [1.807, 2.05) is 7.05 Å². The molecule has 180 valence electrons. The molecule has 32 heavy (non-hydrogen) atoms. The van der Waals surface area contributed by atoms with Crippen molar-refractivity contribution in [2.24, 2.45) is 5.92 Å². The molecular weight excluding hydrogens is 436 g/mol. The molecule has 0 aromatic carbocycles. The van der Waals surface area contributed by atoms with Crippen molar-refractivity contribution >= 4 is 28.1 Å². The van der Waals surface area contributed by atoms with E-state index in [4.69, 9.17) is 0 Å². The Morgan fingerprint density at radius 1 is 0.969 bits per heavy atom. The van der Waals surface area contributed by atoms with Gasteiger partial charge in [-0.15, -0.1) is 0 Å². The van der Waals surface area contributed by atoms with Gasteiger partial charge in [0.25, 0.3) is 16.1 Å². The molecule has 12 heteroatoms. The van der Waals surface area contributed by atoms with Crippen LogP contribution in [0.1, 0.15) is 32.6 Å². The lowest BCUT2D eigenvalue weighted by atomic mass is 9.77. The Morgan fingerprint density at radius 3 is 2.06 bits per heavy atom. The lowest BCUT2D eigenvalue weighted by molar-refractivity contribution is -0.140. The van der Waals surface area contributed by atoms with Gasteiger partial charge in [0.05, 0.1) is 0 Å². The maximum atomic E-state index is 13.0. The lowest BCUT2D eigenvalue weighted by Gasteiger charge is -2.39. The maximum absolute atomic E-state index is 13.0. The van der Waals surface area contributed by atoms with Crippen molar-refractivity contribution in [3.63, 3.8) is 0 Å². The zero-order chi connectivity index (χ0) is 23.1. The summed E-state index contributed by atoms with van der Waals surface area (Å²) in [6.07, 6.45) is 2.95. The van der Waals surface area contributed by atoms with Crippen LogP contribution >= 0.6 is 0 Å². The summed E-state index contributed by atoms with van der Waals surface area (Å²) in [5.74, 6) is -0.107. The van der Waals surface area contributed by atoms with Crippen LogP contribution in [0.5, 0.6) is 0 Å². The standard InChI is InChI=1S/C20H34N6O5S/c1-16-3-5-20(6-4-16)18(28)26(19(29)21-20)15-17(27)23-9-13-25(14-10-23)32(30,31)24-11-7-22(2)8-12-24/h16H,3-15H2,1-2H3,(H,21,29). The Kier molecular flexibility index (Phi) is 6.49. The summed E-state index contributed by atoms with van der Waals surface area (Å²) in [6.45, 7) is 5.08. The Morgan fingerprint density at radius 2 is 1.50 bits per heavy atom. The number of hydrogen-bond acceptors (Lipinski definition) is 6. The highest BCUT2D eigenvalue weighted by Gasteiger charge is 2.52. The van der Waals surface area contributed by atoms with Crippen LogP contribution in [0.2, 0.25) is 0 Å². The second kappa shape index (κ2) is 8.88. The molecule has 1 spiro atoms. The first-order valence-corrected chi connectivity index (χ1v) is 12.9. The minimum atomic E-state index is -3.55. The molecule has 0 bridgehead atoms. The molecule has 3 aliphatic heterocycles. The van der Waals surface area contributed by atoms with Crippen LogP contribution in [-0.4, -0.2) is 121 Å². The SMILES string of the molecule is CC1CCC2(CC1)NC(=O)N(CC(=O)N1CCN(S(=O)(=O)N3CCN(C)CC3)CC1)C2=O. The molecule has 1 aliphatic carbocycles. The molecule has 0 aromatic heterocycles. The van der Waals surface area contributed by atoms with Crippen molar-refractivity contribution in [3.8, 4) is 0 Å². The van der Waals surface area contributed by atoms with Crippen LogP contribution < -0.4 is 5.32 Å². The summed E-state index contributed by atoms with van der Waals surface area (Å²) in [5, 5.41) is 2.83. The van der Waals surface area contributed by atoms with Gasteiger partial charge in [-0.25, -0.2) is 4.79 Å². The molecule has 4 fully saturated rings. The molecule has 0 aromatic rings. The third-order valence-electron chi connectivity index (χ3n) is 7.37. The van der Waals surface area contributed by atoms with Crippen molar-refractivity contribution in [1.82, 2.24) is 28.6 Å². The number of piperazine rings is 2. The number of hydrogen-bond donors (Lipinski definition) is 1. The smallest absolute Gasteiger partial charge is 0.325 e. The number of amides is 4. The minimum Gasteiger partial charge on any atom is -0.338 e. The minimum absolute atomic E-state index is 0.211. The van der Waals surface area contributed by atoms with Crippen LogP contribution in [0.4, 0.5) is 4.79 Å². The maximum Gasteiger partial charge on any atom is 0.325 e. The van der Waals surface area contributed by atoms with Gasteiger partial charge in [0.2, 0.25) is 5.91 Å². The van der Waals surface area contributed by atoms with Crippen molar-refractivity contribution in [3.05, 3.63) is 0 Å². The number of carbonyl (C=O) groups excluding carboxylic acids is 3. The predicted octanol–water partition coefficient (Wildman–Crippen LogP) is -0.876. The highest BCUT2D eigenvalue weighted by atomic mass is 32.2. The average Bonchev–Trinajstić information content (AvgIpc) is 3.00. The van der Waals surface area contributed by atoms with Gasteiger partial charge in [-0.1, -0.05) is 6.92 Å². The van der Waals surface area contributed by atoms with E-state index >= 15 is 0 Å². The zero-order valence-corrected chi connectivity index (χ0v) is 19.8. The second-order valence-corrected chi connectivity index (χ2v) is 11.5. The zero-order valence-electron chi connectivity index (χ0n) is 19.0. The first-order chi connectivity index (χ1) is 15.1. The fourth-order valence-electron chi connectivity index (χ4n) is 5.00. The van der Waals surface area contributed by atoms with E-state index in [1.165, 1.54) is 8.61 Å². The Labute approximate surface area is 189 Å². The molecule has 3 saturated heterocycles. The number of likely N-dealkylation sites (N-methyl/N-ethyl adjacent to an activating group) is 1. The van der Waals surface area contributed by atoms with Crippen molar-refractivity contribution in [1.29, 1.82) is 0 Å². The fourth-order valence-corrected chi connectivity index (χ4v) is 6.58. The number of nitrogens with zero attached hydrogens (tertiary/aromatic N) is 5. The van der Waals surface area contributed by atoms with Crippen molar-refractivity contribution < 1.29 is 22.8 Å². The number of nitrogens with one attached hydrogen (secondary N) is 1. The molecular formula is C20H34N6O5S. The highest BCUT2D eigenvalue weighted by molar-refractivity contribution is 7.86. The fraction of sp³-hybridized carbons (Fsp3) is 0.850. The van der Waals surface area contributed by atoms with E-state index in [0.717, 1.165) is 17.7 Å². The Hall–Kier alpha value is -1.76. The largest absolute Gasteiger partial charge is 0.338 e. The second-order valence-electron chi connectivity index (χ2n) is 9.58. The van der Waals surface area contributed by atoms with E-state index in [9.17, 15) is 22.8 Å². The van der Waals surface area contributed by atoms with Gasteiger partial charge in [-0.3, -0.25) is 14.5 Å². The van der Waals surface area contributed by atoms with Gasteiger partial charge in [0.1, 0.15) is 12.1 Å². The van der Waals surface area contributed by atoms with E-state index < -0.39 is 21.8 Å². The van der Waals surface area contributed by atoms with Gasteiger partial charge in [-0.2, -0.15) is 17.0 Å². The normalized spacial score (nSPS) is 31.4. The quantitative estimate of drug-likeness (QED) is 0.534. The summed E-state index contributed by atoms with van der Waals surface area (Å²) >= 11 is 0. The Balaban J connectivity index is 1.31. The highest BCUT2D eigenvalue weighted by Crippen LogP contribution is 2.36. The predicted molar refractivity (Wildman–Crippen MR) is 117 cm³/mol. The third kappa shape index (κ3) is 4.37. The van der Waals surface area contributed by atoms with Crippen LogP contribution in [-0.2, 0) is 19.8 Å². The number of imide groups is 1. The molecule has 1 N–H and O–H groups in total. The van der Waals surface area contributed by atoms with E-state index in [0.29, 0.717) is 44.9 Å². The third-order valence-corrected chi connectivity index (χ3v) is 9.41. The van der Waals surface area contributed by atoms with Gasteiger partial charge in [-0.05, 0) is 38.6 Å². The monoisotopic (exact) mass is 470 g/mol. The van der Waals surface area contributed by atoms with Crippen LogP contribution in [0.15, 0.2) is 0 Å². The molecule has 11 nitrogen and oxygen atoms in total. The summed E-state index contributed by atoms with van der Waals surface area (Å²) in [6, 6.07) is -0.505. The average molecular weight is 471 g/mol. The van der Waals surface area contributed by atoms with Gasteiger partial charge in [0.15, 0.2) is 0 Å².